The van der Waals surface area contributed by atoms with Gasteiger partial charge in [0.15, 0.2) is 11.5 Å². The summed E-state index contributed by atoms with van der Waals surface area (Å²) in [5.41, 5.74) is -0.00283. The van der Waals surface area contributed by atoms with Crippen LogP contribution < -0.4 is 5.32 Å². The predicted molar refractivity (Wildman–Crippen MR) is 73.0 cm³/mol. The molecule has 0 spiro atoms. The van der Waals surface area contributed by atoms with Crippen molar-refractivity contribution in [3.05, 3.63) is 41.8 Å². The number of nitrogens with one attached hydrogen (secondary N) is 1. The Hall–Kier alpha value is -2.21. The van der Waals surface area contributed by atoms with E-state index in [2.05, 4.69) is 10.5 Å². The van der Waals surface area contributed by atoms with Crippen LogP contribution in [0.1, 0.15) is 29.8 Å². The summed E-state index contributed by atoms with van der Waals surface area (Å²) in [6.45, 7) is 0.213. The average molecular weight is 290 g/mol. The monoisotopic (exact) mass is 290 g/mol. The van der Waals surface area contributed by atoms with Crippen molar-refractivity contribution in [3.8, 4) is 11.3 Å². The van der Waals surface area contributed by atoms with Crippen molar-refractivity contribution in [3.63, 3.8) is 0 Å². The van der Waals surface area contributed by atoms with Crippen molar-refractivity contribution in [2.45, 2.75) is 24.9 Å². The van der Waals surface area contributed by atoms with Crippen molar-refractivity contribution >= 4 is 5.91 Å². The third kappa shape index (κ3) is 2.95. The van der Waals surface area contributed by atoms with Crippen LogP contribution in [-0.2, 0) is 0 Å². The summed E-state index contributed by atoms with van der Waals surface area (Å²) in [4.78, 5) is 11.9. The lowest BCUT2D eigenvalue weighted by Crippen LogP contribution is -2.47. The molecule has 3 rings (SSSR count). The van der Waals surface area contributed by atoms with E-state index in [-0.39, 0.29) is 18.1 Å². The summed E-state index contributed by atoms with van der Waals surface area (Å²) in [6, 6.07) is 7.21. The molecule has 6 heteroatoms. The lowest BCUT2D eigenvalue weighted by atomic mass is 9.80. The molecule has 1 aliphatic rings. The molecule has 1 heterocycles. The minimum Gasteiger partial charge on any atom is -0.388 e. The van der Waals surface area contributed by atoms with Crippen LogP contribution in [0.4, 0.5) is 4.39 Å². The van der Waals surface area contributed by atoms with Gasteiger partial charge in [-0.05, 0) is 43.5 Å². The van der Waals surface area contributed by atoms with E-state index < -0.39 is 11.5 Å². The van der Waals surface area contributed by atoms with E-state index in [9.17, 15) is 14.3 Å². The number of hydrogen-bond acceptors (Lipinski definition) is 4. The molecule has 21 heavy (non-hydrogen) atoms. The Morgan fingerprint density at radius 3 is 2.71 bits per heavy atom. The fourth-order valence-electron chi connectivity index (χ4n) is 2.23. The molecular formula is C15H15FN2O3. The first-order valence-corrected chi connectivity index (χ1v) is 6.79. The van der Waals surface area contributed by atoms with Gasteiger partial charge in [-0.3, -0.25) is 4.79 Å². The van der Waals surface area contributed by atoms with E-state index in [0.29, 0.717) is 24.2 Å². The molecule has 2 N–H and O–H groups in total. The highest BCUT2D eigenvalue weighted by Gasteiger charge is 2.34. The van der Waals surface area contributed by atoms with Crippen molar-refractivity contribution < 1.29 is 18.8 Å². The maximum Gasteiger partial charge on any atom is 0.273 e. The van der Waals surface area contributed by atoms with E-state index in [1.807, 2.05) is 0 Å². The maximum absolute atomic E-state index is 12.9. The van der Waals surface area contributed by atoms with Crippen molar-refractivity contribution in [1.29, 1.82) is 0 Å². The van der Waals surface area contributed by atoms with Gasteiger partial charge in [0.1, 0.15) is 5.82 Å². The van der Waals surface area contributed by atoms with Gasteiger partial charge in [-0.1, -0.05) is 5.16 Å². The second-order valence-corrected chi connectivity index (χ2v) is 5.34. The zero-order valence-electron chi connectivity index (χ0n) is 11.3. The van der Waals surface area contributed by atoms with Crippen LogP contribution >= 0.6 is 0 Å². The molecule has 0 bridgehead atoms. The molecule has 0 unspecified atom stereocenters. The van der Waals surface area contributed by atoms with Gasteiger partial charge in [-0.15, -0.1) is 0 Å². The standard InChI is InChI=1S/C15H15FN2O3/c16-11-4-2-10(3-5-11)13-8-12(18-21-13)14(19)17-9-15(20)6-1-7-15/h2-5,8,20H,1,6-7,9H2,(H,17,19). The molecule has 1 aliphatic carbocycles. The largest absolute Gasteiger partial charge is 0.388 e. The summed E-state index contributed by atoms with van der Waals surface area (Å²) in [5, 5.41) is 16.3. The van der Waals surface area contributed by atoms with E-state index in [1.54, 1.807) is 12.1 Å². The highest BCUT2D eigenvalue weighted by molar-refractivity contribution is 5.93. The Labute approximate surface area is 120 Å². The second-order valence-electron chi connectivity index (χ2n) is 5.34. The first-order valence-electron chi connectivity index (χ1n) is 6.79. The summed E-state index contributed by atoms with van der Waals surface area (Å²) in [7, 11) is 0. The molecule has 0 saturated heterocycles. The number of rotatable bonds is 4. The van der Waals surface area contributed by atoms with Crippen LogP contribution in [0, 0.1) is 5.82 Å². The van der Waals surface area contributed by atoms with E-state index in [4.69, 9.17) is 4.52 Å². The Kier molecular flexibility index (Phi) is 3.47. The highest BCUT2D eigenvalue weighted by Crippen LogP contribution is 2.30. The third-order valence-electron chi connectivity index (χ3n) is 3.73. The second kappa shape index (κ2) is 5.29. The summed E-state index contributed by atoms with van der Waals surface area (Å²) >= 11 is 0. The van der Waals surface area contributed by atoms with E-state index in [1.165, 1.54) is 18.2 Å². The predicted octanol–water partition coefficient (Wildman–Crippen LogP) is 2.13. The molecule has 0 radical (unpaired) electrons. The van der Waals surface area contributed by atoms with Crippen molar-refractivity contribution in [2.24, 2.45) is 0 Å². The zero-order chi connectivity index (χ0) is 14.9. The van der Waals surface area contributed by atoms with Crippen LogP contribution in [0.25, 0.3) is 11.3 Å². The fourth-order valence-corrected chi connectivity index (χ4v) is 2.23. The van der Waals surface area contributed by atoms with Gasteiger partial charge in [0.05, 0.1) is 5.60 Å². The topological polar surface area (TPSA) is 75.4 Å². The van der Waals surface area contributed by atoms with Crippen molar-refractivity contribution in [2.75, 3.05) is 6.54 Å². The van der Waals surface area contributed by atoms with Gasteiger partial charge < -0.3 is 14.9 Å². The molecule has 1 aromatic carbocycles. The molecule has 5 nitrogen and oxygen atoms in total. The first kappa shape index (κ1) is 13.8. The molecule has 1 amide bonds. The number of aromatic nitrogens is 1. The first-order chi connectivity index (χ1) is 10.1. The molecule has 1 fully saturated rings. The number of aliphatic hydroxyl groups is 1. The number of carbonyl (C=O) groups excluding carboxylic acids is 1. The quantitative estimate of drug-likeness (QED) is 0.904. The molecule has 110 valence electrons. The van der Waals surface area contributed by atoms with Crippen LogP contribution in [0.15, 0.2) is 34.9 Å². The van der Waals surface area contributed by atoms with Crippen LogP contribution in [0.2, 0.25) is 0 Å². The Morgan fingerprint density at radius 1 is 1.38 bits per heavy atom. The smallest absolute Gasteiger partial charge is 0.273 e. The average Bonchev–Trinajstić information content (AvgIpc) is 2.93. The third-order valence-corrected chi connectivity index (χ3v) is 3.73. The lowest BCUT2D eigenvalue weighted by molar-refractivity contribution is -0.0301. The molecule has 2 aromatic rings. The van der Waals surface area contributed by atoms with Gasteiger partial charge in [0.2, 0.25) is 0 Å². The van der Waals surface area contributed by atoms with Gasteiger partial charge in [-0.2, -0.15) is 0 Å². The Balaban J connectivity index is 1.66. The molecule has 0 atom stereocenters. The highest BCUT2D eigenvalue weighted by atomic mass is 19.1. The molecule has 0 aliphatic heterocycles. The number of carbonyl (C=O) groups is 1. The van der Waals surface area contributed by atoms with Gasteiger partial charge in [0.25, 0.3) is 5.91 Å². The summed E-state index contributed by atoms with van der Waals surface area (Å²) in [6.07, 6.45) is 2.38. The minimum atomic E-state index is -0.779. The normalized spacial score (nSPS) is 16.3. The lowest BCUT2D eigenvalue weighted by Gasteiger charge is -2.36. The molecule has 1 saturated carbocycles. The number of halogens is 1. The van der Waals surface area contributed by atoms with E-state index >= 15 is 0 Å². The van der Waals surface area contributed by atoms with E-state index in [0.717, 1.165) is 6.42 Å². The zero-order valence-corrected chi connectivity index (χ0v) is 11.3. The fraction of sp³-hybridized carbons (Fsp3) is 0.333. The molecule has 1 aromatic heterocycles. The molecular weight excluding hydrogens is 275 g/mol. The number of hydrogen-bond donors (Lipinski definition) is 2. The van der Waals surface area contributed by atoms with Gasteiger partial charge in [0, 0.05) is 18.2 Å². The van der Waals surface area contributed by atoms with Gasteiger partial charge in [-0.25, -0.2) is 4.39 Å². The van der Waals surface area contributed by atoms with Crippen LogP contribution in [0.5, 0.6) is 0 Å². The Morgan fingerprint density at radius 2 is 2.10 bits per heavy atom. The minimum absolute atomic E-state index is 0.136. The van der Waals surface area contributed by atoms with Crippen LogP contribution in [-0.4, -0.2) is 28.3 Å². The van der Waals surface area contributed by atoms with Gasteiger partial charge >= 0.3 is 0 Å². The summed E-state index contributed by atoms with van der Waals surface area (Å²) in [5.74, 6) is -0.347. The van der Waals surface area contributed by atoms with Crippen molar-refractivity contribution in [1.82, 2.24) is 10.5 Å². The summed E-state index contributed by atoms with van der Waals surface area (Å²) < 4.78 is 17.9. The van der Waals surface area contributed by atoms with Crippen LogP contribution in [0.3, 0.4) is 0 Å². The SMILES string of the molecule is O=C(NCC1(O)CCC1)c1cc(-c2ccc(F)cc2)on1. The number of amides is 1. The maximum atomic E-state index is 12.9. The number of benzene rings is 1. The number of nitrogens with zero attached hydrogens (tertiary/aromatic N) is 1. The Bertz CT molecular complexity index is 647.